The van der Waals surface area contributed by atoms with Crippen LogP contribution in [0.1, 0.15) is 47.8 Å². The molecule has 6 nitrogen and oxygen atoms in total. The monoisotopic (exact) mass is 494 g/mol. The Kier molecular flexibility index (Phi) is 8.41. The number of hydrogen-bond acceptors (Lipinski definition) is 5. The number of ether oxygens (including phenoxy) is 2. The average Bonchev–Trinajstić information content (AvgIpc) is 2.83. The first-order valence-electron chi connectivity index (χ1n) is 11.3. The molecule has 0 saturated carbocycles. The van der Waals surface area contributed by atoms with Gasteiger partial charge in [0.05, 0.1) is 12.7 Å². The summed E-state index contributed by atoms with van der Waals surface area (Å²) < 4.78 is 10.8. The molecule has 0 radical (unpaired) electrons. The molecule has 0 spiro atoms. The zero-order valence-electron chi connectivity index (χ0n) is 20.4. The Labute approximate surface area is 211 Å². The van der Waals surface area contributed by atoms with Crippen molar-refractivity contribution >= 4 is 29.2 Å². The molecule has 0 fully saturated rings. The van der Waals surface area contributed by atoms with Gasteiger partial charge in [-0.2, -0.15) is 0 Å². The van der Waals surface area contributed by atoms with E-state index in [2.05, 4.69) is 50.4 Å². The summed E-state index contributed by atoms with van der Waals surface area (Å²) in [5, 5.41) is 3.07. The van der Waals surface area contributed by atoms with Crippen molar-refractivity contribution in [1.82, 2.24) is 5.32 Å². The molecular weight excluding hydrogens is 464 g/mol. The molecule has 35 heavy (non-hydrogen) atoms. The van der Waals surface area contributed by atoms with Crippen LogP contribution in [0.4, 0.5) is 5.69 Å². The zero-order chi connectivity index (χ0) is 25.6. The Morgan fingerprint density at radius 3 is 2.20 bits per heavy atom. The molecule has 3 N–H and O–H groups in total. The lowest BCUT2D eigenvalue weighted by Crippen LogP contribution is -2.43. The van der Waals surface area contributed by atoms with Crippen LogP contribution in [0.5, 0.6) is 5.75 Å². The minimum atomic E-state index is -0.890. The van der Waals surface area contributed by atoms with E-state index in [1.165, 1.54) is 18.7 Å². The van der Waals surface area contributed by atoms with Gasteiger partial charge in [-0.25, -0.2) is 4.79 Å². The van der Waals surface area contributed by atoms with E-state index in [0.29, 0.717) is 17.4 Å². The minimum Gasteiger partial charge on any atom is -0.489 e. The average molecular weight is 495 g/mol. The number of carbonyl (C=O) groups is 2. The highest BCUT2D eigenvalue weighted by atomic mass is 35.5. The van der Waals surface area contributed by atoms with E-state index < -0.39 is 17.9 Å². The van der Waals surface area contributed by atoms with Crippen molar-refractivity contribution in [3.8, 4) is 5.75 Å². The maximum atomic E-state index is 12.7. The second-order valence-electron chi connectivity index (χ2n) is 9.36. The van der Waals surface area contributed by atoms with Crippen LogP contribution in [0.15, 0.2) is 66.7 Å². The molecule has 0 aliphatic rings. The maximum Gasteiger partial charge on any atom is 0.328 e. The molecule has 0 saturated heterocycles. The van der Waals surface area contributed by atoms with E-state index in [1.54, 1.807) is 12.1 Å². The third kappa shape index (κ3) is 7.23. The van der Waals surface area contributed by atoms with Crippen LogP contribution in [0.3, 0.4) is 0 Å². The van der Waals surface area contributed by atoms with Crippen LogP contribution < -0.4 is 15.8 Å². The third-order valence-corrected chi connectivity index (χ3v) is 5.87. The molecule has 0 bridgehead atoms. The zero-order valence-corrected chi connectivity index (χ0v) is 21.2. The molecule has 3 aromatic rings. The summed E-state index contributed by atoms with van der Waals surface area (Å²) >= 11 is 5.98. The number of esters is 1. The molecule has 1 amide bonds. The highest BCUT2D eigenvalue weighted by Gasteiger charge is 2.24. The number of benzene rings is 3. The Bertz CT molecular complexity index is 1170. The van der Waals surface area contributed by atoms with Gasteiger partial charge in [-0.3, -0.25) is 4.79 Å². The molecule has 7 heteroatoms. The number of amides is 1. The molecule has 1 atom stereocenters. The number of rotatable bonds is 8. The highest BCUT2D eigenvalue weighted by Crippen LogP contribution is 2.23. The fourth-order valence-electron chi connectivity index (χ4n) is 3.52. The van der Waals surface area contributed by atoms with E-state index in [0.717, 1.165) is 11.1 Å². The Morgan fingerprint density at radius 1 is 0.971 bits per heavy atom. The van der Waals surface area contributed by atoms with Crippen molar-refractivity contribution in [2.75, 3.05) is 12.8 Å². The van der Waals surface area contributed by atoms with Crippen LogP contribution in [0, 0.1) is 0 Å². The number of nitrogens with one attached hydrogen (secondary N) is 1. The van der Waals surface area contributed by atoms with Gasteiger partial charge < -0.3 is 20.5 Å². The molecule has 3 aromatic carbocycles. The first kappa shape index (κ1) is 26.1. The minimum absolute atomic E-state index is 0.109. The van der Waals surface area contributed by atoms with E-state index in [-0.39, 0.29) is 23.1 Å². The molecule has 0 aromatic heterocycles. The standard InChI is InChI=1S/C28H31ClN2O4/c1-28(2,3)20-9-5-19(6-10-20)17-35-22-12-7-18(8-13-22)15-25(27(33)34-4)31-26(32)23-16-21(29)11-14-24(23)30/h5-14,16,25H,15,17,30H2,1-4H3,(H,31,32). The Morgan fingerprint density at radius 2 is 1.60 bits per heavy atom. The molecule has 0 aliphatic carbocycles. The van der Waals surface area contributed by atoms with Gasteiger partial charge in [0.1, 0.15) is 18.4 Å². The number of hydrogen-bond donors (Lipinski definition) is 2. The third-order valence-electron chi connectivity index (χ3n) is 5.64. The summed E-state index contributed by atoms with van der Waals surface area (Å²) in [4.78, 5) is 25.0. The first-order valence-corrected chi connectivity index (χ1v) is 11.7. The van der Waals surface area contributed by atoms with E-state index in [9.17, 15) is 9.59 Å². The Hall–Kier alpha value is -3.51. The first-order chi connectivity index (χ1) is 16.6. The van der Waals surface area contributed by atoms with Crippen LogP contribution >= 0.6 is 11.6 Å². The van der Waals surface area contributed by atoms with E-state index in [4.69, 9.17) is 26.8 Å². The van der Waals surface area contributed by atoms with E-state index >= 15 is 0 Å². The number of carbonyl (C=O) groups excluding carboxylic acids is 2. The van der Waals surface area contributed by atoms with Crippen molar-refractivity contribution in [3.63, 3.8) is 0 Å². The molecule has 184 valence electrons. The molecular formula is C28H31ClN2O4. The summed E-state index contributed by atoms with van der Waals surface area (Å²) in [7, 11) is 1.28. The van der Waals surface area contributed by atoms with E-state index in [1.807, 2.05) is 24.3 Å². The summed E-state index contributed by atoms with van der Waals surface area (Å²) in [5.41, 5.74) is 9.66. The largest absolute Gasteiger partial charge is 0.489 e. The van der Waals surface area contributed by atoms with Gasteiger partial charge in [0, 0.05) is 17.1 Å². The van der Waals surface area contributed by atoms with Crippen LogP contribution in [0.2, 0.25) is 5.02 Å². The fraction of sp³-hybridized carbons (Fsp3) is 0.286. The van der Waals surface area contributed by atoms with Gasteiger partial charge in [-0.15, -0.1) is 0 Å². The van der Waals surface area contributed by atoms with Gasteiger partial charge in [0.15, 0.2) is 0 Å². The van der Waals surface area contributed by atoms with Gasteiger partial charge >= 0.3 is 5.97 Å². The van der Waals surface area contributed by atoms with Gasteiger partial charge in [-0.1, -0.05) is 68.8 Å². The molecule has 0 heterocycles. The topological polar surface area (TPSA) is 90.6 Å². The van der Waals surface area contributed by atoms with Gasteiger partial charge in [0.25, 0.3) is 5.91 Å². The van der Waals surface area contributed by atoms with Crippen molar-refractivity contribution in [1.29, 1.82) is 0 Å². The number of anilines is 1. The smallest absolute Gasteiger partial charge is 0.328 e. The number of nitrogens with two attached hydrogens (primary N) is 1. The lowest BCUT2D eigenvalue weighted by Gasteiger charge is -2.19. The SMILES string of the molecule is COC(=O)C(Cc1ccc(OCc2ccc(C(C)(C)C)cc2)cc1)NC(=O)c1cc(Cl)ccc1N. The number of halogens is 1. The summed E-state index contributed by atoms with van der Waals surface area (Å²) in [6.07, 6.45) is 0.243. The van der Waals surface area contributed by atoms with Crippen LogP contribution in [0.25, 0.3) is 0 Å². The highest BCUT2D eigenvalue weighted by molar-refractivity contribution is 6.31. The Balaban J connectivity index is 1.62. The van der Waals surface area contributed by atoms with Crippen molar-refractivity contribution < 1.29 is 19.1 Å². The number of methoxy groups -OCH3 is 1. The second kappa shape index (κ2) is 11.3. The quantitative estimate of drug-likeness (QED) is 0.327. The lowest BCUT2D eigenvalue weighted by molar-refractivity contribution is -0.142. The summed E-state index contributed by atoms with van der Waals surface area (Å²) in [6.45, 7) is 7.00. The van der Waals surface area contributed by atoms with Crippen molar-refractivity contribution in [3.05, 3.63) is 94.0 Å². The predicted molar refractivity (Wildman–Crippen MR) is 139 cm³/mol. The number of nitrogen functional groups attached to an aromatic ring is 1. The van der Waals surface area contributed by atoms with Crippen LogP contribution in [-0.4, -0.2) is 25.0 Å². The van der Waals surface area contributed by atoms with Gasteiger partial charge in [0.2, 0.25) is 0 Å². The summed E-state index contributed by atoms with van der Waals surface area (Å²) in [6, 6.07) is 19.5. The maximum absolute atomic E-state index is 12.7. The molecule has 0 aliphatic heterocycles. The predicted octanol–water partition coefficient (Wildman–Crippen LogP) is 5.31. The normalized spacial score (nSPS) is 12.0. The second-order valence-corrected chi connectivity index (χ2v) is 9.80. The summed E-state index contributed by atoms with van der Waals surface area (Å²) in [5.74, 6) is -0.352. The van der Waals surface area contributed by atoms with Crippen molar-refractivity contribution in [2.24, 2.45) is 0 Å². The van der Waals surface area contributed by atoms with Gasteiger partial charge in [-0.05, 0) is 52.4 Å². The van der Waals surface area contributed by atoms with Crippen molar-refractivity contribution in [2.45, 2.75) is 45.3 Å². The molecule has 3 rings (SSSR count). The molecule has 1 unspecified atom stereocenters. The lowest BCUT2D eigenvalue weighted by atomic mass is 9.87. The van der Waals surface area contributed by atoms with Crippen LogP contribution in [-0.2, 0) is 28.0 Å². The fourth-order valence-corrected chi connectivity index (χ4v) is 3.69.